The third kappa shape index (κ3) is 8.08. The van der Waals surface area contributed by atoms with E-state index in [1.807, 2.05) is 0 Å². The average Bonchev–Trinajstić information content (AvgIpc) is 2.77. The molecule has 1 aromatic rings. The number of allylic oxidation sites excluding steroid dienone is 2. The Kier molecular flexibility index (Phi) is 9.42. The lowest BCUT2D eigenvalue weighted by molar-refractivity contribution is -0.275. The molecule has 0 spiro atoms. The Balaban J connectivity index is 1.36. The standard InChI is InChI=1S/C26H35F5O/c27-17-3-1-2-4-19-5-7-20(8-6-19)9-10-21-11-13-22(14-12-21)23-15-16-25(24(28)18-23)32-26(29,30)31/h2,4,15-16,18-22H,1,3,5-14,17H2. The van der Waals surface area contributed by atoms with Crippen LogP contribution in [-0.2, 0) is 0 Å². The molecule has 2 saturated carbocycles. The van der Waals surface area contributed by atoms with Crippen molar-refractivity contribution in [1.82, 2.24) is 0 Å². The molecule has 1 nitrogen and oxygen atoms in total. The fraction of sp³-hybridized carbons (Fsp3) is 0.692. The van der Waals surface area contributed by atoms with Gasteiger partial charge in [-0.15, -0.1) is 13.2 Å². The number of alkyl halides is 4. The first-order valence-corrected chi connectivity index (χ1v) is 12.1. The van der Waals surface area contributed by atoms with E-state index in [2.05, 4.69) is 16.9 Å². The number of hydrogen-bond acceptors (Lipinski definition) is 1. The Bertz CT molecular complexity index is 713. The number of rotatable bonds is 9. The van der Waals surface area contributed by atoms with Gasteiger partial charge in [0.15, 0.2) is 11.6 Å². The van der Waals surface area contributed by atoms with E-state index in [1.54, 1.807) is 6.07 Å². The second-order valence-electron chi connectivity index (χ2n) is 9.57. The lowest BCUT2D eigenvalue weighted by Gasteiger charge is -2.31. The molecule has 180 valence electrons. The van der Waals surface area contributed by atoms with Gasteiger partial charge in [-0.1, -0.05) is 31.1 Å². The molecule has 0 aromatic heterocycles. The van der Waals surface area contributed by atoms with Crippen molar-refractivity contribution in [2.45, 2.75) is 89.3 Å². The number of hydrogen-bond donors (Lipinski definition) is 0. The smallest absolute Gasteiger partial charge is 0.403 e. The Hall–Kier alpha value is -1.59. The van der Waals surface area contributed by atoms with Crippen molar-refractivity contribution in [1.29, 1.82) is 0 Å². The summed E-state index contributed by atoms with van der Waals surface area (Å²) in [7, 11) is 0. The zero-order valence-corrected chi connectivity index (χ0v) is 18.7. The minimum Gasteiger partial charge on any atom is -0.403 e. The second-order valence-corrected chi connectivity index (χ2v) is 9.57. The number of benzene rings is 1. The summed E-state index contributed by atoms with van der Waals surface area (Å²) in [6.45, 7) is -0.237. The second kappa shape index (κ2) is 12.0. The summed E-state index contributed by atoms with van der Waals surface area (Å²) >= 11 is 0. The lowest BCUT2D eigenvalue weighted by Crippen LogP contribution is -2.18. The fourth-order valence-electron chi connectivity index (χ4n) is 5.39. The SMILES string of the molecule is FCCCC=CC1CCC(CCC2CCC(c3ccc(OC(F)(F)F)c(F)c3)CC2)CC1. The van der Waals surface area contributed by atoms with E-state index in [0.717, 1.165) is 49.7 Å². The van der Waals surface area contributed by atoms with Gasteiger partial charge in [0.25, 0.3) is 0 Å². The summed E-state index contributed by atoms with van der Waals surface area (Å²) < 4.78 is 66.9. The maximum atomic E-state index is 14.0. The summed E-state index contributed by atoms with van der Waals surface area (Å²) in [6.07, 6.45) is 12.7. The first-order chi connectivity index (χ1) is 15.3. The van der Waals surface area contributed by atoms with Crippen molar-refractivity contribution in [3.05, 3.63) is 41.7 Å². The number of ether oxygens (including phenoxy) is 1. The summed E-state index contributed by atoms with van der Waals surface area (Å²) in [5, 5.41) is 0. The molecule has 0 bridgehead atoms. The van der Waals surface area contributed by atoms with E-state index in [4.69, 9.17) is 0 Å². The summed E-state index contributed by atoms with van der Waals surface area (Å²) in [5.41, 5.74) is 0.772. The van der Waals surface area contributed by atoms with E-state index in [-0.39, 0.29) is 12.6 Å². The largest absolute Gasteiger partial charge is 0.573 e. The Morgan fingerprint density at radius 1 is 0.906 bits per heavy atom. The van der Waals surface area contributed by atoms with E-state index in [9.17, 15) is 22.0 Å². The van der Waals surface area contributed by atoms with E-state index >= 15 is 0 Å². The van der Waals surface area contributed by atoms with Crippen LogP contribution < -0.4 is 4.74 Å². The van der Waals surface area contributed by atoms with Gasteiger partial charge in [-0.25, -0.2) is 4.39 Å². The van der Waals surface area contributed by atoms with Crippen LogP contribution in [0.5, 0.6) is 5.75 Å². The van der Waals surface area contributed by atoms with Gasteiger partial charge in [-0.3, -0.25) is 4.39 Å². The van der Waals surface area contributed by atoms with Crippen molar-refractivity contribution >= 4 is 0 Å². The molecule has 2 aliphatic rings. The van der Waals surface area contributed by atoms with Crippen LogP contribution in [0.25, 0.3) is 0 Å². The molecule has 0 saturated heterocycles. The minimum absolute atomic E-state index is 0.209. The van der Waals surface area contributed by atoms with Crippen LogP contribution in [0.4, 0.5) is 22.0 Å². The summed E-state index contributed by atoms with van der Waals surface area (Å²) in [4.78, 5) is 0. The van der Waals surface area contributed by atoms with Crippen LogP contribution in [0.3, 0.4) is 0 Å². The highest BCUT2D eigenvalue weighted by molar-refractivity contribution is 5.31. The molecule has 2 aliphatic carbocycles. The van der Waals surface area contributed by atoms with E-state index < -0.39 is 17.9 Å². The third-order valence-electron chi connectivity index (χ3n) is 7.29. The van der Waals surface area contributed by atoms with Crippen molar-refractivity contribution in [2.75, 3.05) is 6.67 Å². The van der Waals surface area contributed by atoms with E-state index in [1.165, 1.54) is 44.6 Å². The Morgan fingerprint density at radius 2 is 1.53 bits per heavy atom. The molecule has 0 atom stereocenters. The monoisotopic (exact) mass is 458 g/mol. The molecule has 0 aliphatic heterocycles. The number of halogens is 5. The van der Waals surface area contributed by atoms with Gasteiger partial charge >= 0.3 is 6.36 Å². The topological polar surface area (TPSA) is 9.23 Å². The molecule has 1 aromatic carbocycles. The normalized spacial score (nSPS) is 27.0. The van der Waals surface area contributed by atoms with E-state index in [0.29, 0.717) is 18.3 Å². The highest BCUT2D eigenvalue weighted by atomic mass is 19.4. The molecule has 32 heavy (non-hydrogen) atoms. The first-order valence-electron chi connectivity index (χ1n) is 12.1. The van der Waals surface area contributed by atoms with Gasteiger partial charge in [0, 0.05) is 0 Å². The fourth-order valence-corrected chi connectivity index (χ4v) is 5.39. The van der Waals surface area contributed by atoms with Gasteiger partial charge in [0.2, 0.25) is 0 Å². The van der Waals surface area contributed by atoms with Crippen LogP contribution in [0.1, 0.15) is 88.5 Å². The number of unbranched alkanes of at least 4 members (excludes halogenated alkanes) is 1. The highest BCUT2D eigenvalue weighted by Crippen LogP contribution is 2.41. The Labute approximate surface area is 188 Å². The predicted octanol–water partition coefficient (Wildman–Crippen LogP) is 8.89. The average molecular weight is 459 g/mol. The zero-order chi connectivity index (χ0) is 23.0. The first kappa shape index (κ1) is 25.0. The van der Waals surface area contributed by atoms with Gasteiger partial charge in [-0.05, 0) is 106 Å². The van der Waals surface area contributed by atoms with Crippen LogP contribution in [0, 0.1) is 23.6 Å². The third-order valence-corrected chi connectivity index (χ3v) is 7.29. The van der Waals surface area contributed by atoms with Crippen LogP contribution in [0.15, 0.2) is 30.4 Å². The molecule has 0 unspecified atom stereocenters. The molecule has 3 rings (SSSR count). The zero-order valence-electron chi connectivity index (χ0n) is 18.7. The summed E-state index contributed by atoms with van der Waals surface area (Å²) in [6, 6.07) is 3.87. The summed E-state index contributed by atoms with van der Waals surface area (Å²) in [5.74, 6) is 0.658. The molecule has 0 amide bonds. The molecule has 0 N–H and O–H groups in total. The predicted molar refractivity (Wildman–Crippen MR) is 117 cm³/mol. The van der Waals surface area contributed by atoms with Crippen molar-refractivity contribution in [3.8, 4) is 5.75 Å². The molecular formula is C26H35F5O. The van der Waals surface area contributed by atoms with Crippen molar-refractivity contribution in [3.63, 3.8) is 0 Å². The molecule has 0 heterocycles. The van der Waals surface area contributed by atoms with Gasteiger partial charge in [0.05, 0.1) is 6.67 Å². The van der Waals surface area contributed by atoms with Gasteiger partial charge < -0.3 is 4.74 Å². The minimum atomic E-state index is -4.88. The van der Waals surface area contributed by atoms with Crippen LogP contribution in [0.2, 0.25) is 0 Å². The van der Waals surface area contributed by atoms with Crippen molar-refractivity contribution in [2.24, 2.45) is 17.8 Å². The highest BCUT2D eigenvalue weighted by Gasteiger charge is 2.33. The maximum absolute atomic E-state index is 14.0. The Morgan fingerprint density at radius 3 is 2.09 bits per heavy atom. The van der Waals surface area contributed by atoms with Crippen LogP contribution in [-0.4, -0.2) is 13.0 Å². The van der Waals surface area contributed by atoms with Crippen molar-refractivity contribution < 1.29 is 26.7 Å². The quantitative estimate of drug-likeness (QED) is 0.204. The van der Waals surface area contributed by atoms with Gasteiger partial charge in [-0.2, -0.15) is 0 Å². The molecule has 0 radical (unpaired) electrons. The molecule has 2 fully saturated rings. The maximum Gasteiger partial charge on any atom is 0.573 e. The molecule has 6 heteroatoms. The molecular weight excluding hydrogens is 423 g/mol. The van der Waals surface area contributed by atoms with Crippen LogP contribution >= 0.6 is 0 Å². The van der Waals surface area contributed by atoms with Gasteiger partial charge in [0.1, 0.15) is 0 Å². The lowest BCUT2D eigenvalue weighted by atomic mass is 9.74.